The van der Waals surface area contributed by atoms with Crippen LogP contribution in [0, 0.1) is 5.92 Å². The summed E-state index contributed by atoms with van der Waals surface area (Å²) in [4.78, 5) is 0. The molecule has 0 radical (unpaired) electrons. The molecule has 0 rings (SSSR count). The van der Waals surface area contributed by atoms with Crippen molar-refractivity contribution >= 4 is 10.2 Å². The molecule has 0 bridgehead atoms. The van der Waals surface area contributed by atoms with Gasteiger partial charge in [0.25, 0.3) is 10.2 Å². The maximum atomic E-state index is 11.3. The molecule has 0 aliphatic heterocycles. The summed E-state index contributed by atoms with van der Waals surface area (Å²) in [6, 6.07) is 0. The predicted octanol–water partition coefficient (Wildman–Crippen LogP) is 0.180. The van der Waals surface area contributed by atoms with Gasteiger partial charge in [0.05, 0.1) is 6.10 Å². The number of aliphatic hydroxyl groups is 1. The van der Waals surface area contributed by atoms with Crippen LogP contribution in [0.25, 0.3) is 0 Å². The van der Waals surface area contributed by atoms with Crippen LogP contribution in [0.15, 0.2) is 0 Å². The van der Waals surface area contributed by atoms with Crippen molar-refractivity contribution in [1.82, 2.24) is 9.03 Å². The fraction of sp³-hybridized carbons (Fsp3) is 1.00. The van der Waals surface area contributed by atoms with Crippen LogP contribution < -0.4 is 4.72 Å². The van der Waals surface area contributed by atoms with Gasteiger partial charge in [0.1, 0.15) is 0 Å². The van der Waals surface area contributed by atoms with Gasteiger partial charge >= 0.3 is 0 Å². The monoisotopic (exact) mass is 238 g/mol. The average molecular weight is 238 g/mol. The van der Waals surface area contributed by atoms with Crippen molar-refractivity contribution in [3.8, 4) is 0 Å². The van der Waals surface area contributed by atoms with Gasteiger partial charge < -0.3 is 5.11 Å². The topological polar surface area (TPSA) is 69.6 Å². The van der Waals surface area contributed by atoms with Crippen molar-refractivity contribution in [2.75, 3.05) is 20.6 Å². The van der Waals surface area contributed by atoms with Crippen molar-refractivity contribution in [2.24, 2.45) is 5.92 Å². The minimum Gasteiger partial charge on any atom is -0.391 e. The van der Waals surface area contributed by atoms with Crippen LogP contribution in [0.5, 0.6) is 0 Å². The summed E-state index contributed by atoms with van der Waals surface area (Å²) in [6.07, 6.45) is 1.08. The summed E-state index contributed by atoms with van der Waals surface area (Å²) in [6.45, 7) is 4.04. The van der Waals surface area contributed by atoms with Crippen LogP contribution in [0.3, 0.4) is 0 Å². The van der Waals surface area contributed by atoms with Crippen LogP contribution in [0.1, 0.15) is 26.7 Å². The van der Waals surface area contributed by atoms with Crippen LogP contribution in [-0.2, 0) is 10.2 Å². The Morgan fingerprint density at radius 1 is 1.27 bits per heavy atom. The summed E-state index contributed by atoms with van der Waals surface area (Å²) in [5.41, 5.74) is 0. The van der Waals surface area contributed by atoms with Crippen LogP contribution in [-0.4, -0.2) is 44.6 Å². The van der Waals surface area contributed by atoms with E-state index in [1.165, 1.54) is 14.1 Å². The lowest BCUT2D eigenvalue weighted by Crippen LogP contribution is -2.41. The number of aliphatic hydroxyl groups excluding tert-OH is 1. The van der Waals surface area contributed by atoms with Gasteiger partial charge in [-0.3, -0.25) is 0 Å². The number of nitrogens with zero attached hydrogens (tertiary/aromatic N) is 1. The van der Waals surface area contributed by atoms with Crippen LogP contribution in [0.2, 0.25) is 0 Å². The van der Waals surface area contributed by atoms with Crippen molar-refractivity contribution in [2.45, 2.75) is 32.8 Å². The molecule has 92 valence electrons. The normalized spacial score (nSPS) is 14.9. The number of hydrogen-bond donors (Lipinski definition) is 2. The molecule has 6 heteroatoms. The van der Waals surface area contributed by atoms with Crippen molar-refractivity contribution < 1.29 is 13.5 Å². The summed E-state index contributed by atoms with van der Waals surface area (Å²) < 4.78 is 26.1. The Morgan fingerprint density at radius 3 is 2.07 bits per heavy atom. The Hall–Kier alpha value is -0.170. The summed E-state index contributed by atoms with van der Waals surface area (Å²) in [7, 11) is -0.519. The summed E-state index contributed by atoms with van der Waals surface area (Å²) in [5.74, 6) is 0.148. The molecule has 0 heterocycles. The number of hydrogen-bond acceptors (Lipinski definition) is 3. The highest BCUT2D eigenvalue weighted by molar-refractivity contribution is 7.87. The highest BCUT2D eigenvalue weighted by atomic mass is 32.2. The molecule has 0 aliphatic carbocycles. The van der Waals surface area contributed by atoms with Crippen molar-refractivity contribution in [3.05, 3.63) is 0 Å². The second-order valence-electron chi connectivity index (χ2n) is 3.78. The second-order valence-corrected chi connectivity index (χ2v) is 5.75. The van der Waals surface area contributed by atoms with Gasteiger partial charge in [-0.2, -0.15) is 17.4 Å². The lowest BCUT2D eigenvalue weighted by atomic mass is 9.97. The molecule has 0 aromatic heterocycles. The van der Waals surface area contributed by atoms with E-state index >= 15 is 0 Å². The number of nitrogens with one attached hydrogen (secondary N) is 1. The van der Waals surface area contributed by atoms with Gasteiger partial charge in [-0.1, -0.05) is 26.7 Å². The lowest BCUT2D eigenvalue weighted by Gasteiger charge is -2.21. The molecule has 0 fully saturated rings. The molecule has 5 nitrogen and oxygen atoms in total. The third-order valence-electron chi connectivity index (χ3n) is 2.55. The quantitative estimate of drug-likeness (QED) is 0.665. The van der Waals surface area contributed by atoms with Crippen molar-refractivity contribution in [3.63, 3.8) is 0 Å². The highest BCUT2D eigenvalue weighted by Gasteiger charge is 2.19. The Morgan fingerprint density at radius 2 is 1.73 bits per heavy atom. The van der Waals surface area contributed by atoms with Gasteiger partial charge in [-0.25, -0.2) is 0 Å². The molecule has 1 unspecified atom stereocenters. The second kappa shape index (κ2) is 6.42. The van der Waals surface area contributed by atoms with Crippen LogP contribution in [0.4, 0.5) is 0 Å². The third-order valence-corrected chi connectivity index (χ3v) is 4.04. The molecule has 0 aromatic rings. The molecule has 0 aliphatic rings. The largest absolute Gasteiger partial charge is 0.391 e. The van der Waals surface area contributed by atoms with Gasteiger partial charge in [0, 0.05) is 20.6 Å². The zero-order valence-electron chi connectivity index (χ0n) is 9.90. The van der Waals surface area contributed by atoms with Gasteiger partial charge in [0.15, 0.2) is 0 Å². The van der Waals surface area contributed by atoms with Gasteiger partial charge in [-0.05, 0) is 5.92 Å². The fourth-order valence-corrected chi connectivity index (χ4v) is 1.96. The standard InChI is InChI=1S/C9H22N2O3S/c1-5-8(6-2)9(12)7-10-15(13,14)11(3)4/h8-10,12H,5-7H2,1-4H3. The molecule has 0 aromatic carbocycles. The maximum absolute atomic E-state index is 11.3. The first-order valence-corrected chi connectivity index (χ1v) is 6.64. The van der Waals surface area contributed by atoms with E-state index in [0.717, 1.165) is 17.1 Å². The molecular weight excluding hydrogens is 216 g/mol. The van der Waals surface area contributed by atoms with E-state index in [2.05, 4.69) is 4.72 Å². The summed E-state index contributed by atoms with van der Waals surface area (Å²) in [5, 5.41) is 9.71. The highest BCUT2D eigenvalue weighted by Crippen LogP contribution is 2.12. The molecule has 0 saturated carbocycles. The van der Waals surface area contributed by atoms with E-state index in [0.29, 0.717) is 0 Å². The molecule has 2 N–H and O–H groups in total. The Balaban J connectivity index is 4.16. The first kappa shape index (κ1) is 14.8. The Labute approximate surface area is 92.7 Å². The molecule has 0 spiro atoms. The van der Waals surface area contributed by atoms with E-state index in [4.69, 9.17) is 0 Å². The third kappa shape index (κ3) is 4.92. The summed E-state index contributed by atoms with van der Waals surface area (Å²) >= 11 is 0. The van der Waals surface area contributed by atoms with Gasteiger partial charge in [0.2, 0.25) is 0 Å². The first-order valence-electron chi connectivity index (χ1n) is 5.20. The molecule has 0 saturated heterocycles. The number of rotatable bonds is 7. The molecule has 1 atom stereocenters. The van der Waals surface area contributed by atoms with Crippen molar-refractivity contribution in [1.29, 1.82) is 0 Å². The fourth-order valence-electron chi connectivity index (χ4n) is 1.32. The van der Waals surface area contributed by atoms with E-state index in [1.54, 1.807) is 0 Å². The minimum absolute atomic E-state index is 0.0762. The van der Waals surface area contributed by atoms with Gasteiger partial charge in [-0.15, -0.1) is 0 Å². The Bertz CT molecular complexity index is 261. The smallest absolute Gasteiger partial charge is 0.279 e. The van der Waals surface area contributed by atoms with Crippen LogP contribution >= 0.6 is 0 Å². The molecule has 0 amide bonds. The first-order chi connectivity index (χ1) is 6.85. The predicted molar refractivity (Wildman–Crippen MR) is 60.7 cm³/mol. The average Bonchev–Trinajstić information content (AvgIpc) is 2.16. The SMILES string of the molecule is CCC(CC)C(O)CNS(=O)(=O)N(C)C. The molecular formula is C9H22N2O3S. The lowest BCUT2D eigenvalue weighted by molar-refractivity contribution is 0.106. The zero-order valence-corrected chi connectivity index (χ0v) is 10.7. The van der Waals surface area contributed by atoms with E-state index < -0.39 is 16.3 Å². The van der Waals surface area contributed by atoms with E-state index in [1.807, 2.05) is 13.8 Å². The Kier molecular flexibility index (Phi) is 6.35. The zero-order chi connectivity index (χ0) is 12.1. The van der Waals surface area contributed by atoms with E-state index in [-0.39, 0.29) is 12.5 Å². The maximum Gasteiger partial charge on any atom is 0.279 e. The minimum atomic E-state index is -3.42. The molecule has 15 heavy (non-hydrogen) atoms. The van der Waals surface area contributed by atoms with E-state index in [9.17, 15) is 13.5 Å².